The van der Waals surface area contributed by atoms with Gasteiger partial charge >= 0.3 is 24.1 Å². The van der Waals surface area contributed by atoms with Gasteiger partial charge < -0.3 is 29.2 Å². The summed E-state index contributed by atoms with van der Waals surface area (Å²) in [5, 5.41) is 2.75. The fourth-order valence-electron chi connectivity index (χ4n) is 3.18. The molecule has 1 atom stereocenters. The predicted octanol–water partition coefficient (Wildman–Crippen LogP) is 4.20. The SMILES string of the molecule is C=C(C)C(=O)OC(CN(CCC(C)CC(C)(C)CNC(=O)OCC)C(=O)OCC)OC(=O)C(=C)C. The second-order valence-corrected chi connectivity index (χ2v) is 9.28. The molecule has 1 unspecified atom stereocenters. The summed E-state index contributed by atoms with van der Waals surface area (Å²) in [6.07, 6.45) is -1.08. The van der Waals surface area contributed by atoms with Crippen LogP contribution in [0.5, 0.6) is 0 Å². The van der Waals surface area contributed by atoms with Crippen LogP contribution in [-0.4, -0.2) is 68.2 Å². The number of alkyl carbamates (subject to hydrolysis) is 1. The van der Waals surface area contributed by atoms with E-state index in [1.54, 1.807) is 13.8 Å². The maximum atomic E-state index is 12.6. The Morgan fingerprint density at radius 1 is 0.943 bits per heavy atom. The van der Waals surface area contributed by atoms with Crippen molar-refractivity contribution in [2.75, 3.05) is 32.8 Å². The molecule has 0 fully saturated rings. The molecule has 0 saturated carbocycles. The van der Waals surface area contributed by atoms with Crippen LogP contribution >= 0.6 is 0 Å². The highest BCUT2D eigenvalue weighted by molar-refractivity contribution is 5.88. The highest BCUT2D eigenvalue weighted by atomic mass is 16.7. The van der Waals surface area contributed by atoms with Crippen LogP contribution in [0.15, 0.2) is 24.3 Å². The molecular formula is C25H42N2O8. The van der Waals surface area contributed by atoms with E-state index < -0.39 is 30.4 Å². The fraction of sp³-hybridized carbons (Fsp3) is 0.680. The number of nitrogens with one attached hydrogen (secondary N) is 1. The van der Waals surface area contributed by atoms with Crippen LogP contribution in [0.2, 0.25) is 0 Å². The number of ether oxygens (including phenoxy) is 4. The Morgan fingerprint density at radius 3 is 1.91 bits per heavy atom. The van der Waals surface area contributed by atoms with Gasteiger partial charge in [-0.2, -0.15) is 0 Å². The van der Waals surface area contributed by atoms with Crippen molar-refractivity contribution in [1.82, 2.24) is 10.2 Å². The Labute approximate surface area is 209 Å². The van der Waals surface area contributed by atoms with Gasteiger partial charge in [-0.1, -0.05) is 33.9 Å². The average Bonchev–Trinajstić information content (AvgIpc) is 2.74. The van der Waals surface area contributed by atoms with Gasteiger partial charge in [0.1, 0.15) is 0 Å². The van der Waals surface area contributed by atoms with E-state index in [0.29, 0.717) is 19.6 Å². The van der Waals surface area contributed by atoms with Crippen molar-refractivity contribution >= 4 is 24.1 Å². The van der Waals surface area contributed by atoms with Crippen molar-refractivity contribution < 1.29 is 38.1 Å². The van der Waals surface area contributed by atoms with Gasteiger partial charge in [0.25, 0.3) is 6.29 Å². The molecule has 0 aromatic heterocycles. The van der Waals surface area contributed by atoms with E-state index in [0.717, 1.165) is 6.42 Å². The molecule has 0 bridgehead atoms. The van der Waals surface area contributed by atoms with Crippen LogP contribution < -0.4 is 5.32 Å². The average molecular weight is 499 g/mol. The Morgan fingerprint density at radius 2 is 1.46 bits per heavy atom. The zero-order valence-electron chi connectivity index (χ0n) is 22.2. The lowest BCUT2D eigenvalue weighted by Gasteiger charge is -2.30. The van der Waals surface area contributed by atoms with E-state index >= 15 is 0 Å². The third-order valence-electron chi connectivity index (χ3n) is 4.85. The summed E-state index contributed by atoms with van der Waals surface area (Å²) in [5.41, 5.74) is 0.0324. The van der Waals surface area contributed by atoms with E-state index in [-0.39, 0.29) is 42.2 Å². The Bertz CT molecular complexity index is 735. The molecule has 0 aliphatic heterocycles. The molecule has 0 radical (unpaired) electrons. The number of rotatable bonds is 15. The van der Waals surface area contributed by atoms with Crippen molar-refractivity contribution in [2.45, 2.75) is 67.6 Å². The monoisotopic (exact) mass is 498 g/mol. The van der Waals surface area contributed by atoms with Crippen LogP contribution in [0, 0.1) is 11.3 Å². The minimum Gasteiger partial charge on any atom is -0.450 e. The molecule has 10 heteroatoms. The lowest BCUT2D eigenvalue weighted by molar-refractivity contribution is -0.184. The van der Waals surface area contributed by atoms with Gasteiger partial charge in [-0.3, -0.25) is 0 Å². The Hall–Kier alpha value is -3.04. The summed E-state index contributed by atoms with van der Waals surface area (Å²) in [4.78, 5) is 49.6. The Balaban J connectivity index is 5.27. The molecule has 200 valence electrons. The van der Waals surface area contributed by atoms with Crippen molar-refractivity contribution in [3.05, 3.63) is 24.3 Å². The van der Waals surface area contributed by atoms with Gasteiger partial charge in [0.05, 0.1) is 19.8 Å². The van der Waals surface area contributed by atoms with Crippen molar-refractivity contribution in [2.24, 2.45) is 11.3 Å². The third kappa shape index (κ3) is 14.1. The summed E-state index contributed by atoms with van der Waals surface area (Å²) in [6.45, 7) is 20.4. The van der Waals surface area contributed by atoms with Gasteiger partial charge in [-0.25, -0.2) is 19.2 Å². The summed E-state index contributed by atoms with van der Waals surface area (Å²) in [7, 11) is 0. The number of carbonyl (C=O) groups is 4. The van der Waals surface area contributed by atoms with Crippen LogP contribution in [0.4, 0.5) is 9.59 Å². The molecule has 10 nitrogen and oxygen atoms in total. The maximum absolute atomic E-state index is 12.6. The van der Waals surface area contributed by atoms with Crippen LogP contribution in [0.3, 0.4) is 0 Å². The van der Waals surface area contributed by atoms with E-state index in [1.807, 2.05) is 20.8 Å². The summed E-state index contributed by atoms with van der Waals surface area (Å²) in [5.74, 6) is -1.34. The van der Waals surface area contributed by atoms with Gasteiger partial charge in [0, 0.05) is 24.2 Å². The minimum atomic E-state index is -1.35. The summed E-state index contributed by atoms with van der Waals surface area (Å²) in [6, 6.07) is 0. The van der Waals surface area contributed by atoms with Gasteiger partial charge in [0.15, 0.2) is 0 Å². The van der Waals surface area contributed by atoms with E-state index in [9.17, 15) is 19.2 Å². The zero-order chi connectivity index (χ0) is 27.2. The molecular weight excluding hydrogens is 456 g/mol. The molecule has 2 amide bonds. The normalized spacial score (nSPS) is 11.8. The quantitative estimate of drug-likeness (QED) is 0.154. The predicted molar refractivity (Wildman–Crippen MR) is 131 cm³/mol. The standard InChI is InChI=1S/C25H42N2O8/c1-10-32-23(30)26-16-25(8,9)14-19(7)12-13-27(24(31)33-11-2)15-20(34-21(28)17(3)4)35-22(29)18(5)6/h19-20H,3,5,10-16H2,1-2,4,6-9H3,(H,26,30). The van der Waals surface area contributed by atoms with Gasteiger partial charge in [0.2, 0.25) is 0 Å². The number of hydrogen-bond acceptors (Lipinski definition) is 8. The highest BCUT2D eigenvalue weighted by Gasteiger charge is 2.28. The molecule has 0 aliphatic rings. The fourth-order valence-corrected chi connectivity index (χ4v) is 3.18. The zero-order valence-corrected chi connectivity index (χ0v) is 22.2. The second-order valence-electron chi connectivity index (χ2n) is 9.28. The van der Waals surface area contributed by atoms with E-state index in [4.69, 9.17) is 18.9 Å². The van der Waals surface area contributed by atoms with E-state index in [2.05, 4.69) is 18.5 Å². The first-order valence-electron chi connectivity index (χ1n) is 11.8. The van der Waals surface area contributed by atoms with Gasteiger partial charge in [-0.15, -0.1) is 0 Å². The summed E-state index contributed by atoms with van der Waals surface area (Å²) >= 11 is 0. The van der Waals surface area contributed by atoms with Crippen molar-refractivity contribution in [3.8, 4) is 0 Å². The third-order valence-corrected chi connectivity index (χ3v) is 4.85. The lowest BCUT2D eigenvalue weighted by atomic mass is 9.82. The molecule has 0 aliphatic carbocycles. The molecule has 0 spiro atoms. The molecule has 0 heterocycles. The minimum absolute atomic E-state index is 0.122. The number of hydrogen-bond donors (Lipinski definition) is 1. The molecule has 1 N–H and O–H groups in total. The Kier molecular flexibility index (Phi) is 14.4. The first kappa shape index (κ1) is 32.0. The van der Waals surface area contributed by atoms with Crippen molar-refractivity contribution in [3.63, 3.8) is 0 Å². The first-order chi connectivity index (χ1) is 16.2. The molecule has 0 rings (SSSR count). The number of esters is 2. The highest BCUT2D eigenvalue weighted by Crippen LogP contribution is 2.26. The molecule has 0 aromatic rings. The molecule has 0 saturated heterocycles. The van der Waals surface area contributed by atoms with Crippen LogP contribution in [0.1, 0.15) is 61.3 Å². The van der Waals surface area contributed by atoms with Crippen molar-refractivity contribution in [1.29, 1.82) is 0 Å². The molecule has 0 aromatic carbocycles. The molecule has 35 heavy (non-hydrogen) atoms. The largest absolute Gasteiger partial charge is 0.450 e. The second kappa shape index (κ2) is 15.8. The smallest absolute Gasteiger partial charge is 0.410 e. The number of carbonyl (C=O) groups excluding carboxylic acids is 4. The summed E-state index contributed by atoms with van der Waals surface area (Å²) < 4.78 is 20.5. The number of amides is 2. The number of nitrogens with zero attached hydrogens (tertiary/aromatic N) is 1. The lowest BCUT2D eigenvalue weighted by Crippen LogP contribution is -2.43. The first-order valence-corrected chi connectivity index (χ1v) is 11.8. The van der Waals surface area contributed by atoms with Gasteiger partial charge in [-0.05, 0) is 51.9 Å². The van der Waals surface area contributed by atoms with E-state index in [1.165, 1.54) is 18.7 Å². The maximum Gasteiger partial charge on any atom is 0.410 e. The van der Waals surface area contributed by atoms with Crippen LogP contribution in [0.25, 0.3) is 0 Å². The topological polar surface area (TPSA) is 120 Å². The van der Waals surface area contributed by atoms with Crippen LogP contribution in [-0.2, 0) is 28.5 Å².